The lowest BCUT2D eigenvalue weighted by Gasteiger charge is -2.35. The molecule has 3 rings (SSSR count). The number of likely N-dealkylation sites (N-methyl/N-ethyl adjacent to an activating group) is 1. The summed E-state index contributed by atoms with van der Waals surface area (Å²) in [7, 11) is 0. The molecule has 3 atom stereocenters. The Balaban J connectivity index is 1.49. The van der Waals surface area contributed by atoms with Crippen molar-refractivity contribution >= 4 is 0 Å². The average molecular weight is 268 g/mol. The first-order valence-electron chi connectivity index (χ1n) is 7.91. The van der Waals surface area contributed by atoms with Crippen LogP contribution in [0.1, 0.15) is 33.1 Å². The highest BCUT2D eigenvalue weighted by atomic mass is 16.5. The first-order chi connectivity index (χ1) is 9.23. The fraction of sp³-hybridized carbons (Fsp3) is 1.00. The monoisotopic (exact) mass is 268 g/mol. The summed E-state index contributed by atoms with van der Waals surface area (Å²) >= 11 is 0. The highest BCUT2D eigenvalue weighted by Gasteiger charge is 2.57. The highest BCUT2D eigenvalue weighted by molar-refractivity contribution is 5.09. The van der Waals surface area contributed by atoms with Crippen LogP contribution in [-0.4, -0.2) is 67.6 Å². The molecule has 2 aliphatic heterocycles. The van der Waals surface area contributed by atoms with Gasteiger partial charge in [0.15, 0.2) is 0 Å². The van der Waals surface area contributed by atoms with E-state index in [0.717, 1.165) is 45.5 Å². The van der Waals surface area contributed by atoms with Crippen LogP contribution in [0.4, 0.5) is 0 Å². The Bertz CT molecular complexity index is 307. The molecule has 0 radical (unpaired) electrons. The number of ether oxygens (including phenoxy) is 2. The molecule has 4 nitrogen and oxygen atoms in total. The van der Waals surface area contributed by atoms with Gasteiger partial charge in [0, 0.05) is 32.3 Å². The van der Waals surface area contributed by atoms with E-state index in [-0.39, 0.29) is 5.60 Å². The van der Waals surface area contributed by atoms with Gasteiger partial charge in [0.05, 0.1) is 18.9 Å². The van der Waals surface area contributed by atoms with E-state index in [9.17, 15) is 0 Å². The second-order valence-electron chi connectivity index (χ2n) is 6.47. The van der Waals surface area contributed by atoms with Gasteiger partial charge in [-0.25, -0.2) is 0 Å². The van der Waals surface area contributed by atoms with Gasteiger partial charge in [-0.05, 0) is 38.6 Å². The molecule has 0 aromatic carbocycles. The van der Waals surface area contributed by atoms with Crippen LogP contribution in [0.3, 0.4) is 0 Å². The summed E-state index contributed by atoms with van der Waals surface area (Å²) in [6, 6.07) is 0.630. The van der Waals surface area contributed by atoms with Gasteiger partial charge in [-0.3, -0.25) is 9.80 Å². The molecular weight excluding hydrogens is 240 g/mol. The molecule has 3 fully saturated rings. The van der Waals surface area contributed by atoms with Gasteiger partial charge in [0.1, 0.15) is 0 Å². The molecule has 110 valence electrons. The van der Waals surface area contributed by atoms with Crippen LogP contribution in [0.25, 0.3) is 0 Å². The Hall–Kier alpha value is -0.160. The van der Waals surface area contributed by atoms with Gasteiger partial charge in [-0.2, -0.15) is 0 Å². The molecular formula is C15H28N2O2. The van der Waals surface area contributed by atoms with Crippen LogP contribution < -0.4 is 0 Å². The number of rotatable bonds is 4. The second-order valence-corrected chi connectivity index (χ2v) is 6.47. The molecule has 0 bridgehead atoms. The van der Waals surface area contributed by atoms with E-state index in [1.165, 1.54) is 25.8 Å². The number of nitrogens with zero attached hydrogens (tertiary/aromatic N) is 2. The summed E-state index contributed by atoms with van der Waals surface area (Å²) in [4.78, 5) is 5.02. The van der Waals surface area contributed by atoms with Crippen molar-refractivity contribution in [2.45, 2.75) is 44.8 Å². The van der Waals surface area contributed by atoms with E-state index in [2.05, 4.69) is 23.6 Å². The number of morpholine rings is 1. The molecule has 3 aliphatic rings. The van der Waals surface area contributed by atoms with Gasteiger partial charge >= 0.3 is 0 Å². The zero-order valence-corrected chi connectivity index (χ0v) is 12.4. The van der Waals surface area contributed by atoms with Crippen molar-refractivity contribution < 1.29 is 9.47 Å². The van der Waals surface area contributed by atoms with Crippen molar-refractivity contribution in [2.75, 3.05) is 46.1 Å². The SMILES string of the molecule is CCN1CCOC2(CC2CC(C)N2CCCOC2)C1. The molecule has 2 saturated heterocycles. The first-order valence-corrected chi connectivity index (χ1v) is 7.91. The third kappa shape index (κ3) is 2.97. The highest BCUT2D eigenvalue weighted by Crippen LogP contribution is 2.51. The molecule has 19 heavy (non-hydrogen) atoms. The zero-order valence-electron chi connectivity index (χ0n) is 12.4. The Morgan fingerprint density at radius 2 is 2.21 bits per heavy atom. The van der Waals surface area contributed by atoms with E-state index >= 15 is 0 Å². The maximum Gasteiger partial charge on any atom is 0.0992 e. The summed E-state index contributed by atoms with van der Waals surface area (Å²) in [6.07, 6.45) is 3.71. The molecule has 3 unspecified atom stereocenters. The summed E-state index contributed by atoms with van der Waals surface area (Å²) in [5.41, 5.74) is 0.208. The minimum absolute atomic E-state index is 0.208. The molecule has 0 aromatic rings. The quantitative estimate of drug-likeness (QED) is 0.772. The molecule has 0 N–H and O–H groups in total. The normalized spacial score (nSPS) is 38.5. The smallest absolute Gasteiger partial charge is 0.0992 e. The molecule has 0 amide bonds. The minimum Gasteiger partial charge on any atom is -0.372 e. The van der Waals surface area contributed by atoms with E-state index < -0.39 is 0 Å². The van der Waals surface area contributed by atoms with Gasteiger partial charge in [0.25, 0.3) is 0 Å². The van der Waals surface area contributed by atoms with Crippen LogP contribution in [0.5, 0.6) is 0 Å². The summed E-state index contributed by atoms with van der Waals surface area (Å²) in [6.45, 7) is 11.9. The lowest BCUT2D eigenvalue weighted by atomic mass is 10.1. The van der Waals surface area contributed by atoms with Gasteiger partial charge < -0.3 is 9.47 Å². The van der Waals surface area contributed by atoms with Crippen molar-refractivity contribution in [3.05, 3.63) is 0 Å². The van der Waals surface area contributed by atoms with Gasteiger partial charge in [-0.1, -0.05) is 6.92 Å². The second kappa shape index (κ2) is 5.68. The molecule has 0 aromatic heterocycles. The maximum absolute atomic E-state index is 6.12. The van der Waals surface area contributed by atoms with Crippen molar-refractivity contribution in [2.24, 2.45) is 5.92 Å². The van der Waals surface area contributed by atoms with Crippen LogP contribution in [-0.2, 0) is 9.47 Å². The zero-order chi connectivity index (χ0) is 13.3. The van der Waals surface area contributed by atoms with Crippen LogP contribution >= 0.6 is 0 Å². The van der Waals surface area contributed by atoms with Gasteiger partial charge in [0.2, 0.25) is 0 Å². The lowest BCUT2D eigenvalue weighted by Crippen LogP contribution is -2.45. The van der Waals surface area contributed by atoms with Crippen LogP contribution in [0, 0.1) is 5.92 Å². The Kier molecular flexibility index (Phi) is 4.13. The lowest BCUT2D eigenvalue weighted by molar-refractivity contribution is -0.0620. The molecule has 4 heteroatoms. The van der Waals surface area contributed by atoms with E-state index in [1.807, 2.05) is 0 Å². The van der Waals surface area contributed by atoms with E-state index in [4.69, 9.17) is 9.47 Å². The third-order valence-corrected chi connectivity index (χ3v) is 5.15. The van der Waals surface area contributed by atoms with Gasteiger partial charge in [-0.15, -0.1) is 0 Å². The topological polar surface area (TPSA) is 24.9 Å². The first kappa shape index (κ1) is 13.8. The van der Waals surface area contributed by atoms with Crippen molar-refractivity contribution in [3.63, 3.8) is 0 Å². The van der Waals surface area contributed by atoms with Crippen molar-refractivity contribution in [1.82, 2.24) is 9.80 Å². The third-order valence-electron chi connectivity index (χ3n) is 5.15. The van der Waals surface area contributed by atoms with E-state index in [1.54, 1.807) is 0 Å². The maximum atomic E-state index is 6.12. The average Bonchev–Trinajstić information content (AvgIpc) is 3.10. The summed E-state index contributed by atoms with van der Waals surface area (Å²) in [5, 5.41) is 0. The predicted molar refractivity (Wildman–Crippen MR) is 75.1 cm³/mol. The largest absolute Gasteiger partial charge is 0.372 e. The van der Waals surface area contributed by atoms with Crippen LogP contribution in [0.2, 0.25) is 0 Å². The predicted octanol–water partition coefficient (Wildman–Crippen LogP) is 1.56. The molecule has 1 aliphatic carbocycles. The van der Waals surface area contributed by atoms with E-state index in [0.29, 0.717) is 6.04 Å². The molecule has 1 saturated carbocycles. The molecule has 2 heterocycles. The number of hydrogen-bond donors (Lipinski definition) is 0. The Morgan fingerprint density at radius 3 is 2.95 bits per heavy atom. The van der Waals surface area contributed by atoms with Crippen molar-refractivity contribution in [1.29, 1.82) is 0 Å². The Labute approximate surface area is 117 Å². The summed E-state index contributed by atoms with van der Waals surface area (Å²) < 4.78 is 11.7. The Morgan fingerprint density at radius 1 is 1.32 bits per heavy atom. The fourth-order valence-corrected chi connectivity index (χ4v) is 3.70. The summed E-state index contributed by atoms with van der Waals surface area (Å²) in [5.74, 6) is 0.763. The van der Waals surface area contributed by atoms with Crippen LogP contribution in [0.15, 0.2) is 0 Å². The number of hydrogen-bond acceptors (Lipinski definition) is 4. The minimum atomic E-state index is 0.208. The fourth-order valence-electron chi connectivity index (χ4n) is 3.70. The standard InChI is InChI=1S/C15H28N2O2/c1-3-16-6-8-19-15(11-16)10-14(15)9-13(2)17-5-4-7-18-12-17/h13-14H,3-12H2,1-2H3. The molecule has 1 spiro atoms. The van der Waals surface area contributed by atoms with Crippen molar-refractivity contribution in [3.8, 4) is 0 Å².